The second kappa shape index (κ2) is 6.53. The lowest BCUT2D eigenvalue weighted by atomic mass is 9.93. The number of hydrogen-bond donors (Lipinski definition) is 1. The number of rotatable bonds is 5. The molecule has 0 spiro atoms. The maximum atomic E-state index is 5.40. The maximum Gasteiger partial charge on any atom is 0.0572 e. The Morgan fingerprint density at radius 3 is 2.76 bits per heavy atom. The summed E-state index contributed by atoms with van der Waals surface area (Å²) in [6, 6.07) is 2.94. The van der Waals surface area contributed by atoms with E-state index in [0.29, 0.717) is 12.1 Å². The highest BCUT2D eigenvalue weighted by Crippen LogP contribution is 2.22. The van der Waals surface area contributed by atoms with Crippen LogP contribution in [-0.4, -0.2) is 19.3 Å². The van der Waals surface area contributed by atoms with Gasteiger partial charge < -0.3 is 10.1 Å². The van der Waals surface area contributed by atoms with E-state index in [1.165, 1.54) is 36.1 Å². The Hall–Kier alpha value is -0.380. The van der Waals surface area contributed by atoms with E-state index in [1.807, 2.05) is 18.4 Å². The molecule has 0 aromatic carbocycles. The zero-order chi connectivity index (χ0) is 12.1. The molecule has 1 saturated carbocycles. The number of aryl methyl sites for hydroxylation is 1. The summed E-state index contributed by atoms with van der Waals surface area (Å²) in [7, 11) is 1.83. The Bertz CT molecular complexity index is 329. The molecular formula is C14H23NOS. The number of nitrogens with one attached hydrogen (secondary N) is 1. The molecule has 17 heavy (non-hydrogen) atoms. The number of thiophene rings is 1. The SMILES string of the molecule is CCc1ccsc1CNC1CCC(OC)CC1. The highest BCUT2D eigenvalue weighted by Gasteiger charge is 2.20. The second-order valence-corrected chi connectivity index (χ2v) is 5.81. The van der Waals surface area contributed by atoms with Crippen molar-refractivity contribution in [3.05, 3.63) is 21.9 Å². The van der Waals surface area contributed by atoms with Gasteiger partial charge in [-0.2, -0.15) is 0 Å². The fourth-order valence-corrected chi connectivity index (χ4v) is 3.50. The van der Waals surface area contributed by atoms with Gasteiger partial charge in [0.05, 0.1) is 6.10 Å². The summed E-state index contributed by atoms with van der Waals surface area (Å²) < 4.78 is 5.40. The molecule has 0 aliphatic heterocycles. The van der Waals surface area contributed by atoms with Gasteiger partial charge in [-0.1, -0.05) is 6.92 Å². The Morgan fingerprint density at radius 1 is 1.35 bits per heavy atom. The van der Waals surface area contributed by atoms with E-state index < -0.39 is 0 Å². The molecule has 0 saturated heterocycles. The minimum Gasteiger partial charge on any atom is -0.381 e. The average Bonchev–Trinajstić information content (AvgIpc) is 2.84. The monoisotopic (exact) mass is 253 g/mol. The van der Waals surface area contributed by atoms with Crippen LogP contribution in [0, 0.1) is 0 Å². The van der Waals surface area contributed by atoms with Gasteiger partial charge in [-0.25, -0.2) is 0 Å². The van der Waals surface area contributed by atoms with Crippen LogP contribution in [-0.2, 0) is 17.7 Å². The van der Waals surface area contributed by atoms with Gasteiger partial charge >= 0.3 is 0 Å². The Kier molecular flexibility index (Phi) is 5.01. The van der Waals surface area contributed by atoms with Gasteiger partial charge in [0, 0.05) is 24.6 Å². The van der Waals surface area contributed by atoms with E-state index in [-0.39, 0.29) is 0 Å². The van der Waals surface area contributed by atoms with Crippen molar-refractivity contribution < 1.29 is 4.74 Å². The molecule has 0 bridgehead atoms. The van der Waals surface area contributed by atoms with Crippen LogP contribution in [0.3, 0.4) is 0 Å². The lowest BCUT2D eigenvalue weighted by molar-refractivity contribution is 0.0624. The first kappa shape index (κ1) is 13.1. The van der Waals surface area contributed by atoms with Crippen molar-refractivity contribution in [2.75, 3.05) is 7.11 Å². The zero-order valence-corrected chi connectivity index (χ0v) is 11.7. The predicted molar refractivity (Wildman–Crippen MR) is 73.6 cm³/mol. The third kappa shape index (κ3) is 3.54. The molecular weight excluding hydrogens is 230 g/mol. The minimum atomic E-state index is 0.501. The highest BCUT2D eigenvalue weighted by molar-refractivity contribution is 7.10. The fraction of sp³-hybridized carbons (Fsp3) is 0.714. The first-order valence-corrected chi connectivity index (χ1v) is 7.52. The summed E-state index contributed by atoms with van der Waals surface area (Å²) in [6.07, 6.45) is 6.58. The van der Waals surface area contributed by atoms with Crippen LogP contribution in [0.5, 0.6) is 0 Å². The van der Waals surface area contributed by atoms with E-state index in [9.17, 15) is 0 Å². The van der Waals surface area contributed by atoms with Gasteiger partial charge in [0.2, 0.25) is 0 Å². The van der Waals surface area contributed by atoms with Gasteiger partial charge in [0.25, 0.3) is 0 Å². The molecule has 1 aliphatic carbocycles. The van der Waals surface area contributed by atoms with E-state index in [1.54, 1.807) is 0 Å². The van der Waals surface area contributed by atoms with E-state index in [2.05, 4.69) is 23.7 Å². The molecule has 3 heteroatoms. The van der Waals surface area contributed by atoms with Crippen molar-refractivity contribution in [1.82, 2.24) is 5.32 Å². The van der Waals surface area contributed by atoms with Crippen molar-refractivity contribution in [3.63, 3.8) is 0 Å². The van der Waals surface area contributed by atoms with E-state index in [0.717, 1.165) is 13.0 Å². The van der Waals surface area contributed by atoms with Crippen molar-refractivity contribution in [2.24, 2.45) is 0 Å². The zero-order valence-electron chi connectivity index (χ0n) is 10.9. The largest absolute Gasteiger partial charge is 0.381 e. The molecule has 1 N–H and O–H groups in total. The minimum absolute atomic E-state index is 0.501. The van der Waals surface area contributed by atoms with Gasteiger partial charge in [0.15, 0.2) is 0 Å². The van der Waals surface area contributed by atoms with Gasteiger partial charge in [-0.05, 0) is 49.1 Å². The average molecular weight is 253 g/mol. The smallest absolute Gasteiger partial charge is 0.0572 e. The van der Waals surface area contributed by atoms with Crippen LogP contribution in [0.2, 0.25) is 0 Å². The van der Waals surface area contributed by atoms with Crippen molar-refractivity contribution in [1.29, 1.82) is 0 Å². The van der Waals surface area contributed by atoms with Crippen LogP contribution in [0.15, 0.2) is 11.4 Å². The summed E-state index contributed by atoms with van der Waals surface area (Å²) in [5, 5.41) is 5.90. The van der Waals surface area contributed by atoms with E-state index in [4.69, 9.17) is 4.74 Å². The van der Waals surface area contributed by atoms with Gasteiger partial charge in [-0.15, -0.1) is 11.3 Å². The van der Waals surface area contributed by atoms with Gasteiger partial charge in [-0.3, -0.25) is 0 Å². The Balaban J connectivity index is 1.76. The lowest BCUT2D eigenvalue weighted by Gasteiger charge is -2.28. The summed E-state index contributed by atoms with van der Waals surface area (Å²) >= 11 is 1.88. The van der Waals surface area contributed by atoms with Crippen LogP contribution >= 0.6 is 11.3 Å². The number of ether oxygens (including phenoxy) is 1. The highest BCUT2D eigenvalue weighted by atomic mass is 32.1. The predicted octanol–water partition coefficient (Wildman–Crippen LogP) is 3.36. The third-order valence-electron chi connectivity index (χ3n) is 3.78. The summed E-state index contributed by atoms with van der Waals surface area (Å²) in [5.74, 6) is 0. The van der Waals surface area contributed by atoms with Crippen molar-refractivity contribution in [3.8, 4) is 0 Å². The van der Waals surface area contributed by atoms with Gasteiger partial charge in [0.1, 0.15) is 0 Å². The van der Waals surface area contributed by atoms with Crippen LogP contribution < -0.4 is 5.32 Å². The molecule has 0 unspecified atom stereocenters. The fourth-order valence-electron chi connectivity index (χ4n) is 2.58. The number of methoxy groups -OCH3 is 1. The van der Waals surface area contributed by atoms with Crippen molar-refractivity contribution >= 4 is 11.3 Å². The molecule has 1 aromatic heterocycles. The normalized spacial score (nSPS) is 25.1. The van der Waals surface area contributed by atoms with Crippen LogP contribution in [0.25, 0.3) is 0 Å². The molecule has 1 heterocycles. The Morgan fingerprint density at radius 2 is 2.12 bits per heavy atom. The summed E-state index contributed by atoms with van der Waals surface area (Å²) in [4.78, 5) is 1.52. The van der Waals surface area contributed by atoms with E-state index >= 15 is 0 Å². The first-order chi connectivity index (χ1) is 8.33. The molecule has 2 nitrogen and oxygen atoms in total. The second-order valence-electron chi connectivity index (χ2n) is 4.81. The molecule has 1 aliphatic rings. The van der Waals surface area contributed by atoms with Crippen LogP contribution in [0.4, 0.5) is 0 Å². The standard InChI is InChI=1S/C14H23NOS/c1-3-11-8-9-17-14(11)10-15-12-4-6-13(16-2)7-5-12/h8-9,12-13,15H,3-7,10H2,1-2H3. The molecule has 0 atom stereocenters. The molecule has 96 valence electrons. The lowest BCUT2D eigenvalue weighted by Crippen LogP contribution is -2.34. The van der Waals surface area contributed by atoms with Crippen molar-refractivity contribution in [2.45, 2.75) is 57.7 Å². The molecule has 0 amide bonds. The third-order valence-corrected chi connectivity index (χ3v) is 4.74. The topological polar surface area (TPSA) is 21.3 Å². The molecule has 1 fully saturated rings. The maximum absolute atomic E-state index is 5.40. The summed E-state index contributed by atoms with van der Waals surface area (Å²) in [6.45, 7) is 3.28. The quantitative estimate of drug-likeness (QED) is 0.869. The number of hydrogen-bond acceptors (Lipinski definition) is 3. The molecule has 0 radical (unpaired) electrons. The molecule has 1 aromatic rings. The van der Waals surface area contributed by atoms with Crippen LogP contribution in [0.1, 0.15) is 43.0 Å². The first-order valence-electron chi connectivity index (χ1n) is 6.65. The Labute approximate surface area is 108 Å². The molecule has 2 rings (SSSR count). The summed E-state index contributed by atoms with van der Waals surface area (Å²) in [5.41, 5.74) is 1.51.